The second-order valence-electron chi connectivity index (χ2n) is 4.80. The minimum atomic E-state index is -0.465. The molecule has 1 N–H and O–H groups in total. The van der Waals surface area contributed by atoms with Crippen molar-refractivity contribution in [3.05, 3.63) is 57.3 Å². The van der Waals surface area contributed by atoms with Crippen molar-refractivity contribution in [1.82, 2.24) is 0 Å². The highest BCUT2D eigenvalue weighted by Crippen LogP contribution is 2.41. The Kier molecular flexibility index (Phi) is 2.77. The van der Waals surface area contributed by atoms with Gasteiger partial charge in [0, 0.05) is 9.75 Å². The van der Waals surface area contributed by atoms with E-state index in [1.165, 1.54) is 23.3 Å². The van der Waals surface area contributed by atoms with Crippen molar-refractivity contribution in [3.63, 3.8) is 0 Å². The smallest absolute Gasteiger partial charge is 0.113 e. The average Bonchev–Trinajstić information content (AvgIpc) is 3.11. The highest BCUT2D eigenvalue weighted by Gasteiger charge is 2.24. The zero-order chi connectivity index (χ0) is 11.8. The SMILES string of the molecule is Cc1ccc(C(O)c2cccc(C3CC3)c2)s1. The normalized spacial score (nSPS) is 17.1. The summed E-state index contributed by atoms with van der Waals surface area (Å²) in [7, 11) is 0. The van der Waals surface area contributed by atoms with Crippen LogP contribution in [0.3, 0.4) is 0 Å². The van der Waals surface area contributed by atoms with E-state index in [1.54, 1.807) is 11.3 Å². The summed E-state index contributed by atoms with van der Waals surface area (Å²) in [5, 5.41) is 10.3. The number of hydrogen-bond acceptors (Lipinski definition) is 2. The molecule has 0 spiro atoms. The van der Waals surface area contributed by atoms with Gasteiger partial charge < -0.3 is 5.11 Å². The molecule has 1 aromatic carbocycles. The van der Waals surface area contributed by atoms with Crippen LogP contribution in [0.25, 0.3) is 0 Å². The number of benzene rings is 1. The fraction of sp³-hybridized carbons (Fsp3) is 0.333. The molecule has 1 aliphatic carbocycles. The molecule has 0 radical (unpaired) electrons. The Bertz CT molecular complexity index is 525. The van der Waals surface area contributed by atoms with E-state index in [1.807, 2.05) is 12.1 Å². The van der Waals surface area contributed by atoms with Gasteiger partial charge in [-0.2, -0.15) is 0 Å². The number of aliphatic hydroxyl groups excluding tert-OH is 1. The van der Waals surface area contributed by atoms with Crippen LogP contribution in [0, 0.1) is 6.92 Å². The largest absolute Gasteiger partial charge is 0.383 e. The van der Waals surface area contributed by atoms with E-state index >= 15 is 0 Å². The van der Waals surface area contributed by atoms with E-state index in [0.29, 0.717) is 0 Å². The molecule has 0 bridgehead atoms. The number of hydrogen-bond donors (Lipinski definition) is 1. The Labute approximate surface area is 106 Å². The van der Waals surface area contributed by atoms with Gasteiger partial charge in [0.05, 0.1) is 0 Å². The topological polar surface area (TPSA) is 20.2 Å². The first kappa shape index (κ1) is 11.0. The highest BCUT2D eigenvalue weighted by atomic mass is 32.1. The summed E-state index contributed by atoms with van der Waals surface area (Å²) in [6.45, 7) is 2.07. The lowest BCUT2D eigenvalue weighted by molar-refractivity contribution is 0.224. The highest BCUT2D eigenvalue weighted by molar-refractivity contribution is 7.12. The molecule has 17 heavy (non-hydrogen) atoms. The number of thiophene rings is 1. The van der Waals surface area contributed by atoms with Gasteiger partial charge in [0.15, 0.2) is 0 Å². The standard InChI is InChI=1S/C15H16OS/c1-10-5-8-14(17-10)15(16)13-4-2-3-12(9-13)11-6-7-11/h2-5,8-9,11,15-16H,6-7H2,1H3. The van der Waals surface area contributed by atoms with Crippen molar-refractivity contribution in [1.29, 1.82) is 0 Å². The number of aryl methyl sites for hydroxylation is 1. The van der Waals surface area contributed by atoms with Gasteiger partial charge in [-0.25, -0.2) is 0 Å². The van der Waals surface area contributed by atoms with Crippen LogP contribution in [0.4, 0.5) is 0 Å². The Morgan fingerprint density at radius 1 is 1.24 bits per heavy atom. The lowest BCUT2D eigenvalue weighted by atomic mass is 10.0. The molecule has 0 aliphatic heterocycles. The quantitative estimate of drug-likeness (QED) is 0.864. The maximum absolute atomic E-state index is 10.3. The van der Waals surface area contributed by atoms with Gasteiger partial charge in [-0.05, 0) is 48.9 Å². The summed E-state index contributed by atoms with van der Waals surface area (Å²) in [6, 6.07) is 12.5. The minimum Gasteiger partial charge on any atom is -0.383 e. The lowest BCUT2D eigenvalue weighted by Crippen LogP contribution is -1.97. The van der Waals surface area contributed by atoms with Crippen LogP contribution in [0.15, 0.2) is 36.4 Å². The summed E-state index contributed by atoms with van der Waals surface area (Å²) in [5.74, 6) is 0.743. The molecule has 0 amide bonds. The molecule has 3 rings (SSSR count). The Morgan fingerprint density at radius 2 is 2.06 bits per heavy atom. The average molecular weight is 244 g/mol. The molecule has 1 unspecified atom stereocenters. The summed E-state index contributed by atoms with van der Waals surface area (Å²) < 4.78 is 0. The third-order valence-corrected chi connectivity index (χ3v) is 4.36. The second kappa shape index (κ2) is 4.28. The first-order chi connectivity index (χ1) is 8.24. The van der Waals surface area contributed by atoms with Crippen LogP contribution in [0.5, 0.6) is 0 Å². The molecule has 2 heteroatoms. The maximum atomic E-state index is 10.3. The van der Waals surface area contributed by atoms with Crippen LogP contribution >= 0.6 is 11.3 Å². The van der Waals surface area contributed by atoms with Crippen molar-refractivity contribution in [2.45, 2.75) is 31.8 Å². The van der Waals surface area contributed by atoms with Crippen LogP contribution in [-0.4, -0.2) is 5.11 Å². The molecular weight excluding hydrogens is 228 g/mol. The van der Waals surface area contributed by atoms with Gasteiger partial charge in [-0.1, -0.05) is 24.3 Å². The van der Waals surface area contributed by atoms with Gasteiger partial charge in [0.2, 0.25) is 0 Å². The van der Waals surface area contributed by atoms with E-state index in [4.69, 9.17) is 0 Å². The molecule has 1 saturated carbocycles. The first-order valence-electron chi connectivity index (χ1n) is 6.08. The Hall–Kier alpha value is -1.12. The summed E-state index contributed by atoms with van der Waals surface area (Å²) in [4.78, 5) is 2.29. The monoisotopic (exact) mass is 244 g/mol. The third-order valence-electron chi connectivity index (χ3n) is 3.31. The van der Waals surface area contributed by atoms with Crippen LogP contribution < -0.4 is 0 Å². The van der Waals surface area contributed by atoms with Crippen LogP contribution in [0.2, 0.25) is 0 Å². The molecule has 1 nitrogen and oxygen atoms in total. The van der Waals surface area contributed by atoms with Crippen molar-refractivity contribution >= 4 is 11.3 Å². The lowest BCUT2D eigenvalue weighted by Gasteiger charge is -2.10. The molecule has 1 fully saturated rings. The van der Waals surface area contributed by atoms with E-state index in [0.717, 1.165) is 16.4 Å². The van der Waals surface area contributed by atoms with Crippen molar-refractivity contribution in [2.75, 3.05) is 0 Å². The molecule has 1 atom stereocenters. The molecule has 1 aromatic heterocycles. The van der Waals surface area contributed by atoms with Gasteiger partial charge in [-0.15, -0.1) is 11.3 Å². The first-order valence-corrected chi connectivity index (χ1v) is 6.90. The molecule has 1 aliphatic rings. The summed E-state index contributed by atoms with van der Waals surface area (Å²) in [6.07, 6.45) is 2.14. The maximum Gasteiger partial charge on any atom is 0.113 e. The molecular formula is C15H16OS. The Morgan fingerprint density at radius 3 is 2.71 bits per heavy atom. The third kappa shape index (κ3) is 2.28. The second-order valence-corrected chi connectivity index (χ2v) is 6.11. The van der Waals surface area contributed by atoms with Crippen molar-refractivity contribution in [2.24, 2.45) is 0 Å². The molecule has 0 saturated heterocycles. The van der Waals surface area contributed by atoms with E-state index in [2.05, 4.69) is 31.2 Å². The predicted molar refractivity (Wildman–Crippen MR) is 71.5 cm³/mol. The van der Waals surface area contributed by atoms with Gasteiger partial charge in [0.1, 0.15) is 6.10 Å². The van der Waals surface area contributed by atoms with E-state index in [9.17, 15) is 5.11 Å². The predicted octanol–water partition coefficient (Wildman–Crippen LogP) is 4.02. The Balaban J connectivity index is 1.89. The number of rotatable bonds is 3. The van der Waals surface area contributed by atoms with E-state index in [-0.39, 0.29) is 0 Å². The number of aliphatic hydroxyl groups is 1. The van der Waals surface area contributed by atoms with Gasteiger partial charge >= 0.3 is 0 Å². The fourth-order valence-corrected chi connectivity index (χ4v) is 3.06. The fourth-order valence-electron chi connectivity index (χ4n) is 2.16. The van der Waals surface area contributed by atoms with Crippen molar-refractivity contribution < 1.29 is 5.11 Å². The summed E-state index contributed by atoms with van der Waals surface area (Å²) >= 11 is 1.67. The molecule has 88 valence electrons. The zero-order valence-electron chi connectivity index (χ0n) is 9.89. The summed E-state index contributed by atoms with van der Waals surface area (Å²) in [5.41, 5.74) is 2.41. The van der Waals surface area contributed by atoms with Crippen LogP contribution in [-0.2, 0) is 0 Å². The van der Waals surface area contributed by atoms with Gasteiger partial charge in [0.25, 0.3) is 0 Å². The van der Waals surface area contributed by atoms with Gasteiger partial charge in [-0.3, -0.25) is 0 Å². The molecule has 1 heterocycles. The zero-order valence-corrected chi connectivity index (χ0v) is 10.7. The van der Waals surface area contributed by atoms with E-state index < -0.39 is 6.10 Å². The minimum absolute atomic E-state index is 0.465. The van der Waals surface area contributed by atoms with Crippen molar-refractivity contribution in [3.8, 4) is 0 Å². The molecule has 2 aromatic rings. The van der Waals surface area contributed by atoms with Crippen LogP contribution in [0.1, 0.15) is 45.7 Å².